The normalized spacial score (nSPS) is 17.8. The molecule has 8 nitrogen and oxygen atoms in total. The second-order valence-corrected chi connectivity index (χ2v) is 7.14. The van der Waals surface area contributed by atoms with Gasteiger partial charge >= 0.3 is 0 Å². The van der Waals surface area contributed by atoms with E-state index in [1.54, 1.807) is 18.2 Å². The highest BCUT2D eigenvalue weighted by molar-refractivity contribution is 6.22. The maximum Gasteiger partial charge on any atom is 0.261 e. The molecule has 0 aromatic heterocycles. The molecule has 2 heterocycles. The summed E-state index contributed by atoms with van der Waals surface area (Å²) in [6.07, 6.45) is 1.62. The third-order valence-electron chi connectivity index (χ3n) is 5.30. The first kappa shape index (κ1) is 19.9. The van der Waals surface area contributed by atoms with Crippen molar-refractivity contribution in [3.63, 3.8) is 0 Å². The first-order chi connectivity index (χ1) is 14.5. The summed E-state index contributed by atoms with van der Waals surface area (Å²) in [5.41, 5.74) is 1.22. The van der Waals surface area contributed by atoms with E-state index in [2.05, 4.69) is 5.32 Å². The van der Waals surface area contributed by atoms with E-state index in [1.165, 1.54) is 37.3 Å². The Kier molecular flexibility index (Phi) is 5.41. The quantitative estimate of drug-likeness (QED) is 0.736. The lowest BCUT2D eigenvalue weighted by Gasteiger charge is -2.17. The van der Waals surface area contributed by atoms with Crippen LogP contribution in [0.15, 0.2) is 36.4 Å². The van der Waals surface area contributed by atoms with Gasteiger partial charge in [-0.1, -0.05) is 0 Å². The van der Waals surface area contributed by atoms with Crippen molar-refractivity contribution >= 4 is 23.4 Å². The molecule has 0 spiro atoms. The number of hydrogen-bond donors (Lipinski definition) is 1. The van der Waals surface area contributed by atoms with E-state index in [-0.39, 0.29) is 29.7 Å². The van der Waals surface area contributed by atoms with Crippen LogP contribution in [0.5, 0.6) is 11.5 Å². The molecule has 156 valence electrons. The standard InChI is InChI=1S/C22H22N2O6/c1-28-14-6-8-19(29-2)18(11-14)23-20(25)13-5-7-16-17(10-13)22(27)24(21(16)26)12-15-4-3-9-30-15/h5-8,10-11,15H,3-4,9,12H2,1-2H3,(H,23,25)/t15-/m1/s1. The molecule has 2 aliphatic rings. The summed E-state index contributed by atoms with van der Waals surface area (Å²) in [6, 6.07) is 9.54. The van der Waals surface area contributed by atoms with Crippen molar-refractivity contribution in [3.8, 4) is 11.5 Å². The highest BCUT2D eigenvalue weighted by Crippen LogP contribution is 2.30. The van der Waals surface area contributed by atoms with Crippen LogP contribution in [-0.2, 0) is 4.74 Å². The molecule has 30 heavy (non-hydrogen) atoms. The minimum absolute atomic E-state index is 0.129. The van der Waals surface area contributed by atoms with Gasteiger partial charge in [0.05, 0.1) is 43.7 Å². The highest BCUT2D eigenvalue weighted by Gasteiger charge is 2.38. The number of carbonyl (C=O) groups excluding carboxylic acids is 3. The number of nitrogens with one attached hydrogen (secondary N) is 1. The molecule has 8 heteroatoms. The third-order valence-corrected chi connectivity index (χ3v) is 5.30. The molecule has 3 amide bonds. The van der Waals surface area contributed by atoms with Crippen LogP contribution in [0.25, 0.3) is 0 Å². The largest absolute Gasteiger partial charge is 0.497 e. The molecule has 0 aliphatic carbocycles. The van der Waals surface area contributed by atoms with Crippen molar-refractivity contribution in [2.45, 2.75) is 18.9 Å². The molecule has 1 saturated heterocycles. The van der Waals surface area contributed by atoms with E-state index in [1.807, 2.05) is 0 Å². The predicted molar refractivity (Wildman–Crippen MR) is 108 cm³/mol. The molecule has 0 bridgehead atoms. The monoisotopic (exact) mass is 410 g/mol. The van der Waals surface area contributed by atoms with Crippen molar-refractivity contribution in [2.24, 2.45) is 0 Å². The van der Waals surface area contributed by atoms with Gasteiger partial charge in [-0.2, -0.15) is 0 Å². The minimum atomic E-state index is -0.429. The Morgan fingerprint density at radius 3 is 2.60 bits per heavy atom. The molecule has 2 aromatic rings. The summed E-state index contributed by atoms with van der Waals surface area (Å²) in [4.78, 5) is 39.4. The maximum atomic E-state index is 12.8. The first-order valence-electron chi connectivity index (χ1n) is 9.67. The van der Waals surface area contributed by atoms with Gasteiger partial charge in [-0.3, -0.25) is 19.3 Å². The fourth-order valence-electron chi connectivity index (χ4n) is 3.70. The second kappa shape index (κ2) is 8.16. The van der Waals surface area contributed by atoms with Crippen molar-refractivity contribution in [1.29, 1.82) is 0 Å². The topological polar surface area (TPSA) is 94.2 Å². The molecule has 1 N–H and O–H groups in total. The average Bonchev–Trinajstić information content (AvgIpc) is 3.36. The summed E-state index contributed by atoms with van der Waals surface area (Å²) in [6.45, 7) is 0.876. The van der Waals surface area contributed by atoms with E-state index < -0.39 is 11.8 Å². The molecule has 0 radical (unpaired) electrons. The van der Waals surface area contributed by atoms with Crippen LogP contribution in [0, 0.1) is 0 Å². The Morgan fingerprint density at radius 2 is 1.90 bits per heavy atom. The van der Waals surface area contributed by atoms with Gasteiger partial charge in [0.25, 0.3) is 17.7 Å². The predicted octanol–water partition coefficient (Wildman–Crippen LogP) is 2.73. The fourth-order valence-corrected chi connectivity index (χ4v) is 3.70. The minimum Gasteiger partial charge on any atom is -0.497 e. The third kappa shape index (κ3) is 3.61. The molecule has 2 aromatic carbocycles. The number of amides is 3. The number of fused-ring (bicyclic) bond motifs is 1. The Balaban J connectivity index is 1.55. The smallest absolute Gasteiger partial charge is 0.261 e. The summed E-state index contributed by atoms with van der Waals surface area (Å²) < 4.78 is 16.0. The number of methoxy groups -OCH3 is 2. The number of benzene rings is 2. The molecule has 0 unspecified atom stereocenters. The van der Waals surface area contributed by atoms with E-state index in [4.69, 9.17) is 14.2 Å². The number of rotatable bonds is 6. The zero-order chi connectivity index (χ0) is 21.3. The Labute approximate surface area is 173 Å². The second-order valence-electron chi connectivity index (χ2n) is 7.14. The number of imide groups is 1. The van der Waals surface area contributed by atoms with Crippen LogP contribution in [-0.4, -0.2) is 56.1 Å². The van der Waals surface area contributed by atoms with E-state index in [0.29, 0.717) is 29.4 Å². The van der Waals surface area contributed by atoms with Crippen molar-refractivity contribution in [3.05, 3.63) is 53.1 Å². The van der Waals surface area contributed by atoms with Crippen LogP contribution < -0.4 is 14.8 Å². The van der Waals surface area contributed by atoms with E-state index in [9.17, 15) is 14.4 Å². The van der Waals surface area contributed by atoms with Gasteiger partial charge in [-0.25, -0.2) is 0 Å². The lowest BCUT2D eigenvalue weighted by Crippen LogP contribution is -2.36. The van der Waals surface area contributed by atoms with E-state index >= 15 is 0 Å². The van der Waals surface area contributed by atoms with Crippen molar-refractivity contribution in [2.75, 3.05) is 32.7 Å². The van der Waals surface area contributed by atoms with Crippen molar-refractivity contribution < 1.29 is 28.6 Å². The van der Waals surface area contributed by atoms with Crippen LogP contribution in [0.1, 0.15) is 43.9 Å². The van der Waals surface area contributed by atoms with Crippen LogP contribution >= 0.6 is 0 Å². The highest BCUT2D eigenvalue weighted by atomic mass is 16.5. The van der Waals surface area contributed by atoms with Gasteiger partial charge in [0.2, 0.25) is 0 Å². The Hall–Kier alpha value is -3.39. The summed E-state index contributed by atoms with van der Waals surface area (Å²) in [5, 5.41) is 2.77. The summed E-state index contributed by atoms with van der Waals surface area (Å²) in [5.74, 6) is -0.155. The molecule has 4 rings (SSSR count). The number of anilines is 1. The van der Waals surface area contributed by atoms with Crippen LogP contribution in [0.3, 0.4) is 0 Å². The zero-order valence-electron chi connectivity index (χ0n) is 16.8. The lowest BCUT2D eigenvalue weighted by molar-refractivity contribution is 0.0475. The van der Waals surface area contributed by atoms with Gasteiger partial charge in [0, 0.05) is 18.2 Å². The summed E-state index contributed by atoms with van der Waals surface area (Å²) >= 11 is 0. The molecule has 2 aliphatic heterocycles. The van der Waals surface area contributed by atoms with Gasteiger partial charge in [-0.05, 0) is 43.2 Å². The zero-order valence-corrected chi connectivity index (χ0v) is 16.8. The number of ether oxygens (including phenoxy) is 3. The fraction of sp³-hybridized carbons (Fsp3) is 0.318. The first-order valence-corrected chi connectivity index (χ1v) is 9.67. The molecular formula is C22H22N2O6. The average molecular weight is 410 g/mol. The number of nitrogens with zero attached hydrogens (tertiary/aromatic N) is 1. The maximum absolute atomic E-state index is 12.8. The molecular weight excluding hydrogens is 388 g/mol. The SMILES string of the molecule is COc1ccc(OC)c(NC(=O)c2ccc3c(c2)C(=O)N(C[C@H]2CCCO2)C3=O)c1. The number of carbonyl (C=O) groups is 3. The van der Waals surface area contributed by atoms with Gasteiger partial charge in [-0.15, -0.1) is 0 Å². The van der Waals surface area contributed by atoms with Gasteiger partial charge < -0.3 is 19.5 Å². The Morgan fingerprint density at radius 1 is 1.10 bits per heavy atom. The lowest BCUT2D eigenvalue weighted by atomic mass is 10.1. The van der Waals surface area contributed by atoms with E-state index in [0.717, 1.165) is 12.8 Å². The summed E-state index contributed by atoms with van der Waals surface area (Å²) in [7, 11) is 3.03. The van der Waals surface area contributed by atoms with Crippen molar-refractivity contribution in [1.82, 2.24) is 4.90 Å². The molecule has 1 fully saturated rings. The Bertz CT molecular complexity index is 1010. The van der Waals surface area contributed by atoms with Crippen LogP contribution in [0.4, 0.5) is 5.69 Å². The van der Waals surface area contributed by atoms with Gasteiger partial charge in [0.1, 0.15) is 11.5 Å². The number of hydrogen-bond acceptors (Lipinski definition) is 6. The van der Waals surface area contributed by atoms with Gasteiger partial charge in [0.15, 0.2) is 0 Å². The molecule has 1 atom stereocenters. The van der Waals surface area contributed by atoms with Crippen LogP contribution in [0.2, 0.25) is 0 Å². The molecule has 0 saturated carbocycles.